The van der Waals surface area contributed by atoms with E-state index < -0.39 is 0 Å². The predicted molar refractivity (Wildman–Crippen MR) is 140 cm³/mol. The molecule has 2 fully saturated rings. The second kappa shape index (κ2) is 12.7. The highest BCUT2D eigenvalue weighted by Crippen LogP contribution is 2.28. The average Bonchev–Trinajstić information content (AvgIpc) is 3.43. The second-order valence-corrected chi connectivity index (χ2v) is 9.39. The van der Waals surface area contributed by atoms with Gasteiger partial charge in [-0.05, 0) is 61.6 Å². The predicted octanol–water partition coefficient (Wildman–Crippen LogP) is 3.94. The summed E-state index contributed by atoms with van der Waals surface area (Å²) in [5.74, 6) is -0.267. The number of nitrogens with zero attached hydrogens (tertiary/aromatic N) is 2. The molecule has 2 heterocycles. The van der Waals surface area contributed by atoms with Crippen LogP contribution in [0.25, 0.3) is 0 Å². The number of amides is 2. The van der Waals surface area contributed by atoms with E-state index in [-0.39, 0.29) is 11.8 Å². The SMILES string of the molecule is CCCCc1ccc(C(=O)Nc2ccc(N3CCCC3)c(C(=O)NCCN3CCOCC3)c2)cc1. The van der Waals surface area contributed by atoms with Gasteiger partial charge in [0, 0.05) is 56.2 Å². The molecule has 0 saturated carbocycles. The van der Waals surface area contributed by atoms with Crippen LogP contribution in [0.1, 0.15) is 58.9 Å². The number of hydrogen-bond donors (Lipinski definition) is 2. The minimum Gasteiger partial charge on any atom is -0.379 e. The molecule has 35 heavy (non-hydrogen) atoms. The zero-order chi connectivity index (χ0) is 24.5. The summed E-state index contributed by atoms with van der Waals surface area (Å²) >= 11 is 0. The van der Waals surface area contributed by atoms with Crippen molar-refractivity contribution in [3.63, 3.8) is 0 Å². The van der Waals surface area contributed by atoms with Gasteiger partial charge in [-0.3, -0.25) is 14.5 Å². The Labute approximate surface area is 208 Å². The van der Waals surface area contributed by atoms with Crippen molar-refractivity contribution >= 4 is 23.2 Å². The standard InChI is InChI=1S/C28H38N4O3/c1-2-3-6-22-7-9-23(10-8-22)27(33)30-24-11-12-26(32-14-4-5-15-32)25(21-24)28(34)29-13-16-31-17-19-35-20-18-31/h7-12,21H,2-6,13-20H2,1H3,(H,29,34)(H,30,33). The number of nitrogens with one attached hydrogen (secondary N) is 2. The third kappa shape index (κ3) is 7.05. The number of carbonyl (C=O) groups excluding carboxylic acids is 2. The molecule has 7 nitrogen and oxygen atoms in total. The number of unbranched alkanes of at least 4 members (excludes halogenated alkanes) is 1. The van der Waals surface area contributed by atoms with E-state index in [4.69, 9.17) is 4.74 Å². The fraction of sp³-hybridized carbons (Fsp3) is 0.500. The number of morpholine rings is 1. The smallest absolute Gasteiger partial charge is 0.255 e. The molecule has 2 amide bonds. The lowest BCUT2D eigenvalue weighted by molar-refractivity contribution is 0.0383. The molecule has 4 rings (SSSR count). The van der Waals surface area contributed by atoms with Crippen molar-refractivity contribution < 1.29 is 14.3 Å². The third-order valence-electron chi connectivity index (χ3n) is 6.80. The van der Waals surface area contributed by atoms with Crippen LogP contribution >= 0.6 is 0 Å². The van der Waals surface area contributed by atoms with Crippen LogP contribution in [0.4, 0.5) is 11.4 Å². The molecule has 0 spiro atoms. The summed E-state index contributed by atoms with van der Waals surface area (Å²) in [7, 11) is 0. The molecular formula is C28H38N4O3. The normalized spacial score (nSPS) is 16.3. The first kappa shape index (κ1) is 25.2. The van der Waals surface area contributed by atoms with Crippen molar-refractivity contribution in [1.82, 2.24) is 10.2 Å². The van der Waals surface area contributed by atoms with Gasteiger partial charge in [-0.1, -0.05) is 25.5 Å². The van der Waals surface area contributed by atoms with Crippen molar-refractivity contribution in [3.8, 4) is 0 Å². The molecule has 2 aliphatic heterocycles. The van der Waals surface area contributed by atoms with E-state index in [1.54, 1.807) is 0 Å². The van der Waals surface area contributed by atoms with Crippen LogP contribution in [-0.2, 0) is 11.2 Å². The van der Waals surface area contributed by atoms with Gasteiger partial charge in [0.05, 0.1) is 18.8 Å². The first-order valence-corrected chi connectivity index (χ1v) is 13.0. The van der Waals surface area contributed by atoms with E-state index in [2.05, 4.69) is 27.4 Å². The van der Waals surface area contributed by atoms with Crippen LogP contribution in [0.3, 0.4) is 0 Å². The van der Waals surface area contributed by atoms with E-state index in [9.17, 15) is 9.59 Å². The number of rotatable bonds is 10. The quantitative estimate of drug-likeness (QED) is 0.541. The van der Waals surface area contributed by atoms with Gasteiger partial charge in [-0.25, -0.2) is 0 Å². The fourth-order valence-corrected chi connectivity index (χ4v) is 4.68. The molecule has 2 saturated heterocycles. The van der Waals surface area contributed by atoms with Crippen LogP contribution in [0.5, 0.6) is 0 Å². The molecule has 2 aliphatic rings. The number of aryl methyl sites for hydroxylation is 1. The zero-order valence-electron chi connectivity index (χ0n) is 20.9. The van der Waals surface area contributed by atoms with Crippen LogP contribution in [0.2, 0.25) is 0 Å². The highest BCUT2D eigenvalue weighted by molar-refractivity contribution is 6.06. The van der Waals surface area contributed by atoms with Gasteiger partial charge in [0.15, 0.2) is 0 Å². The second-order valence-electron chi connectivity index (χ2n) is 9.39. The van der Waals surface area contributed by atoms with Gasteiger partial charge in [-0.2, -0.15) is 0 Å². The maximum absolute atomic E-state index is 13.2. The van der Waals surface area contributed by atoms with Gasteiger partial charge < -0.3 is 20.3 Å². The minimum absolute atomic E-state index is 0.100. The Morgan fingerprint density at radius 1 is 0.943 bits per heavy atom. The Morgan fingerprint density at radius 3 is 2.40 bits per heavy atom. The van der Waals surface area contributed by atoms with E-state index in [1.807, 2.05) is 42.5 Å². The number of benzene rings is 2. The van der Waals surface area contributed by atoms with E-state index in [0.717, 1.165) is 83.7 Å². The Morgan fingerprint density at radius 2 is 1.69 bits per heavy atom. The maximum atomic E-state index is 13.2. The van der Waals surface area contributed by atoms with Gasteiger partial charge in [0.1, 0.15) is 0 Å². The molecule has 2 N–H and O–H groups in total. The number of ether oxygens (including phenoxy) is 1. The lowest BCUT2D eigenvalue weighted by Crippen LogP contribution is -2.41. The topological polar surface area (TPSA) is 73.9 Å². The maximum Gasteiger partial charge on any atom is 0.255 e. The highest BCUT2D eigenvalue weighted by Gasteiger charge is 2.21. The Balaban J connectivity index is 1.43. The van der Waals surface area contributed by atoms with E-state index in [0.29, 0.717) is 23.4 Å². The molecular weight excluding hydrogens is 440 g/mol. The summed E-state index contributed by atoms with van der Waals surface area (Å²) in [4.78, 5) is 30.6. The van der Waals surface area contributed by atoms with Crippen molar-refractivity contribution in [2.75, 3.05) is 62.7 Å². The summed E-state index contributed by atoms with van der Waals surface area (Å²) in [6.07, 6.45) is 5.58. The molecule has 188 valence electrons. The highest BCUT2D eigenvalue weighted by atomic mass is 16.5. The van der Waals surface area contributed by atoms with Crippen LogP contribution in [-0.4, -0.2) is 69.2 Å². The van der Waals surface area contributed by atoms with Crippen molar-refractivity contribution in [2.24, 2.45) is 0 Å². The number of carbonyl (C=O) groups is 2. The minimum atomic E-state index is -0.167. The number of hydrogen-bond acceptors (Lipinski definition) is 5. The molecule has 0 aliphatic carbocycles. The van der Waals surface area contributed by atoms with Gasteiger partial charge in [-0.15, -0.1) is 0 Å². The van der Waals surface area contributed by atoms with Crippen molar-refractivity contribution in [1.29, 1.82) is 0 Å². The molecule has 0 radical (unpaired) electrons. The van der Waals surface area contributed by atoms with Gasteiger partial charge in [0.25, 0.3) is 11.8 Å². The van der Waals surface area contributed by atoms with Gasteiger partial charge in [0.2, 0.25) is 0 Å². The molecule has 7 heteroatoms. The summed E-state index contributed by atoms with van der Waals surface area (Å²) in [6, 6.07) is 13.5. The average molecular weight is 479 g/mol. The van der Waals surface area contributed by atoms with Crippen LogP contribution in [0, 0.1) is 0 Å². The lowest BCUT2D eigenvalue weighted by Gasteiger charge is -2.26. The summed E-state index contributed by atoms with van der Waals surface area (Å²) < 4.78 is 5.40. The monoisotopic (exact) mass is 478 g/mol. The number of anilines is 2. The largest absolute Gasteiger partial charge is 0.379 e. The molecule has 0 bridgehead atoms. The molecule has 2 aromatic rings. The van der Waals surface area contributed by atoms with Gasteiger partial charge >= 0.3 is 0 Å². The van der Waals surface area contributed by atoms with Crippen molar-refractivity contribution in [3.05, 3.63) is 59.2 Å². The fourth-order valence-electron chi connectivity index (χ4n) is 4.68. The Bertz CT molecular complexity index is 980. The third-order valence-corrected chi connectivity index (χ3v) is 6.80. The van der Waals surface area contributed by atoms with Crippen LogP contribution < -0.4 is 15.5 Å². The zero-order valence-corrected chi connectivity index (χ0v) is 20.9. The Kier molecular flexibility index (Phi) is 9.15. The first-order chi connectivity index (χ1) is 17.1. The molecule has 0 atom stereocenters. The van der Waals surface area contributed by atoms with Crippen LogP contribution in [0.15, 0.2) is 42.5 Å². The molecule has 0 aromatic heterocycles. The molecule has 0 unspecified atom stereocenters. The van der Waals surface area contributed by atoms with E-state index >= 15 is 0 Å². The Hall–Kier alpha value is -2.90. The summed E-state index contributed by atoms with van der Waals surface area (Å²) in [5.41, 5.74) is 4.04. The summed E-state index contributed by atoms with van der Waals surface area (Å²) in [6.45, 7) is 8.75. The lowest BCUT2D eigenvalue weighted by atomic mass is 10.1. The molecule has 2 aromatic carbocycles. The summed E-state index contributed by atoms with van der Waals surface area (Å²) in [5, 5.41) is 6.07. The first-order valence-electron chi connectivity index (χ1n) is 13.0. The van der Waals surface area contributed by atoms with Crippen molar-refractivity contribution in [2.45, 2.75) is 39.0 Å². The van der Waals surface area contributed by atoms with E-state index in [1.165, 1.54) is 5.56 Å².